The second-order valence-electron chi connectivity index (χ2n) is 2.39. The molecule has 7 heteroatoms. The van der Waals surface area contributed by atoms with E-state index in [2.05, 4.69) is 4.52 Å². The molecule has 0 aromatic carbocycles. The molecule has 0 aromatic heterocycles. The van der Waals surface area contributed by atoms with E-state index < -0.39 is 33.2 Å². The lowest BCUT2D eigenvalue weighted by atomic mass is 10.2. The summed E-state index contributed by atoms with van der Waals surface area (Å²) in [6.45, 7) is -1.31. The lowest BCUT2D eigenvalue weighted by Gasteiger charge is -2.16. The van der Waals surface area contributed by atoms with Crippen molar-refractivity contribution in [3.05, 3.63) is 0 Å². The maximum absolute atomic E-state index is 10.4. The first kappa shape index (κ1) is 8.62. The highest BCUT2D eigenvalue weighted by molar-refractivity contribution is 7.46. The highest BCUT2D eigenvalue weighted by Crippen LogP contribution is 2.40. The Morgan fingerprint density at radius 3 is 2.92 bits per heavy atom. The third-order valence-corrected chi connectivity index (χ3v) is 2.01. The van der Waals surface area contributed by atoms with Crippen LogP contribution < -0.4 is 0 Å². The van der Waals surface area contributed by atoms with Crippen LogP contribution in [0.2, 0.25) is 0 Å². The van der Waals surface area contributed by atoms with Crippen molar-refractivity contribution < 1.29 is 30.1 Å². The van der Waals surface area contributed by atoms with E-state index in [0.717, 1.165) is 0 Å². The van der Waals surface area contributed by atoms with Crippen LogP contribution in [-0.4, -0.2) is 40.3 Å². The smallest absolute Gasteiger partial charge is 0.394 e. The summed E-state index contributed by atoms with van der Waals surface area (Å²) in [6.07, 6.45) is -1.68. The van der Waals surface area contributed by atoms with Gasteiger partial charge in [0.15, 0.2) is 0 Å². The van der Waals surface area contributed by atoms with E-state index in [1.165, 1.54) is 0 Å². The van der Waals surface area contributed by atoms with Crippen molar-refractivity contribution >= 4 is 7.82 Å². The standard InChI is InChI=1S/C5H11O6P/c6-3-5-4(1-2-10-5)11-12(7,8)9/h4-6H,1-3H2,(H2,7,8,9)/t4-,5+/m0/s1/i2D/t2?,4-,5+. The van der Waals surface area contributed by atoms with Crippen molar-refractivity contribution in [3.63, 3.8) is 0 Å². The molecule has 1 unspecified atom stereocenters. The molecule has 72 valence electrons. The third-order valence-electron chi connectivity index (χ3n) is 1.47. The summed E-state index contributed by atoms with van der Waals surface area (Å²) in [6, 6.07) is 0. The fourth-order valence-electron chi connectivity index (χ4n) is 0.961. The second-order valence-corrected chi connectivity index (χ2v) is 3.59. The van der Waals surface area contributed by atoms with E-state index >= 15 is 0 Å². The van der Waals surface area contributed by atoms with E-state index in [9.17, 15) is 4.57 Å². The predicted molar refractivity (Wildman–Crippen MR) is 38.4 cm³/mol. The number of rotatable bonds is 3. The van der Waals surface area contributed by atoms with Crippen molar-refractivity contribution in [3.8, 4) is 0 Å². The van der Waals surface area contributed by atoms with Crippen LogP contribution in [0.1, 0.15) is 7.79 Å². The van der Waals surface area contributed by atoms with Crippen LogP contribution in [0.25, 0.3) is 0 Å². The summed E-state index contributed by atoms with van der Waals surface area (Å²) in [5, 5.41) is 8.71. The molecule has 0 saturated carbocycles. The lowest BCUT2D eigenvalue weighted by Crippen LogP contribution is -2.26. The molecule has 0 aliphatic carbocycles. The van der Waals surface area contributed by atoms with Gasteiger partial charge in [-0.3, -0.25) is 4.52 Å². The van der Waals surface area contributed by atoms with Crippen LogP contribution in [0.4, 0.5) is 0 Å². The van der Waals surface area contributed by atoms with E-state index in [0.29, 0.717) is 0 Å². The Bertz CT molecular complexity index is 217. The molecule has 1 saturated heterocycles. The fourth-order valence-corrected chi connectivity index (χ4v) is 1.54. The van der Waals surface area contributed by atoms with Gasteiger partial charge in [-0.2, -0.15) is 0 Å². The maximum Gasteiger partial charge on any atom is 0.469 e. The van der Waals surface area contributed by atoms with Crippen LogP contribution in [0.3, 0.4) is 0 Å². The van der Waals surface area contributed by atoms with Crippen molar-refractivity contribution in [2.75, 3.05) is 13.2 Å². The lowest BCUT2D eigenvalue weighted by molar-refractivity contribution is 0.00347. The average molecular weight is 199 g/mol. The first-order valence-electron chi connectivity index (χ1n) is 3.92. The molecule has 1 aliphatic heterocycles. The van der Waals surface area contributed by atoms with Gasteiger partial charge >= 0.3 is 7.82 Å². The van der Waals surface area contributed by atoms with E-state index in [-0.39, 0.29) is 6.42 Å². The Morgan fingerprint density at radius 2 is 2.42 bits per heavy atom. The third kappa shape index (κ3) is 2.82. The van der Waals surface area contributed by atoms with Crippen LogP contribution in [0.5, 0.6) is 0 Å². The Hall–Kier alpha value is 0.0300. The SMILES string of the molecule is [2H]C1C[C@H](OP(=O)(O)O)[C@@H](CO)O1. The highest BCUT2D eigenvalue weighted by Gasteiger charge is 2.33. The fraction of sp³-hybridized carbons (Fsp3) is 1.00. The van der Waals surface area contributed by atoms with Gasteiger partial charge in [0, 0.05) is 13.0 Å². The number of phosphoric acid groups is 1. The van der Waals surface area contributed by atoms with Gasteiger partial charge in [-0.15, -0.1) is 0 Å². The topological polar surface area (TPSA) is 96.2 Å². The molecule has 1 fully saturated rings. The molecule has 3 atom stereocenters. The number of aliphatic hydroxyl groups is 1. The Balaban J connectivity index is 2.54. The summed E-state index contributed by atoms with van der Waals surface area (Å²) in [5.41, 5.74) is 0. The number of hydrogen-bond acceptors (Lipinski definition) is 4. The minimum Gasteiger partial charge on any atom is -0.394 e. The van der Waals surface area contributed by atoms with Crippen LogP contribution in [-0.2, 0) is 13.8 Å². The molecular formula is C5H11O6P. The summed E-state index contributed by atoms with van der Waals surface area (Å²) in [7, 11) is -4.57. The molecular weight excluding hydrogens is 187 g/mol. The molecule has 3 N–H and O–H groups in total. The van der Waals surface area contributed by atoms with Gasteiger partial charge in [0.2, 0.25) is 0 Å². The Kier molecular flexibility index (Phi) is 2.75. The predicted octanol–water partition coefficient (Wildman–Crippen LogP) is -0.755. The van der Waals surface area contributed by atoms with Crippen molar-refractivity contribution in [1.82, 2.24) is 0 Å². The number of hydrogen-bond donors (Lipinski definition) is 3. The van der Waals surface area contributed by atoms with Crippen molar-refractivity contribution in [2.24, 2.45) is 0 Å². The minimum atomic E-state index is -4.57. The van der Waals surface area contributed by atoms with Gasteiger partial charge in [-0.1, -0.05) is 0 Å². The Morgan fingerprint density at radius 1 is 1.75 bits per heavy atom. The molecule has 0 radical (unpaired) electrons. The van der Waals surface area contributed by atoms with E-state index in [1.54, 1.807) is 0 Å². The van der Waals surface area contributed by atoms with Gasteiger partial charge < -0.3 is 19.6 Å². The monoisotopic (exact) mass is 199 g/mol. The van der Waals surface area contributed by atoms with Crippen molar-refractivity contribution in [1.29, 1.82) is 0 Å². The van der Waals surface area contributed by atoms with Crippen molar-refractivity contribution in [2.45, 2.75) is 18.6 Å². The van der Waals surface area contributed by atoms with E-state index in [1.807, 2.05) is 0 Å². The summed E-state index contributed by atoms with van der Waals surface area (Å²) >= 11 is 0. The first-order chi connectivity index (χ1) is 5.92. The summed E-state index contributed by atoms with van der Waals surface area (Å²) in [5.74, 6) is 0. The molecule has 0 aromatic rings. The first-order valence-corrected chi connectivity index (χ1v) is 4.88. The zero-order chi connectivity index (χ0) is 10.1. The zero-order valence-corrected chi connectivity index (χ0v) is 7.05. The number of ether oxygens (including phenoxy) is 1. The van der Waals surface area contributed by atoms with Crippen LogP contribution in [0.15, 0.2) is 0 Å². The average Bonchev–Trinajstić information content (AvgIpc) is 2.27. The molecule has 1 aliphatic rings. The molecule has 1 rings (SSSR count). The van der Waals surface area contributed by atoms with Gasteiger partial charge in [0.25, 0.3) is 0 Å². The van der Waals surface area contributed by atoms with E-state index in [4.69, 9.17) is 21.0 Å². The zero-order valence-electron chi connectivity index (χ0n) is 7.16. The normalized spacial score (nSPS) is 38.2. The molecule has 1 heterocycles. The Labute approximate surface area is 70.8 Å². The van der Waals surface area contributed by atoms with Gasteiger partial charge in [0.1, 0.15) is 12.2 Å². The molecule has 0 spiro atoms. The maximum atomic E-state index is 10.4. The quantitative estimate of drug-likeness (QED) is 0.517. The van der Waals surface area contributed by atoms with Gasteiger partial charge in [0.05, 0.1) is 7.98 Å². The van der Waals surface area contributed by atoms with Gasteiger partial charge in [-0.05, 0) is 0 Å². The molecule has 0 bridgehead atoms. The van der Waals surface area contributed by atoms with Gasteiger partial charge in [-0.25, -0.2) is 4.57 Å². The minimum absolute atomic E-state index is 0.0519. The molecule has 12 heavy (non-hydrogen) atoms. The highest BCUT2D eigenvalue weighted by atomic mass is 31.2. The summed E-state index contributed by atoms with van der Waals surface area (Å²) in [4.78, 5) is 16.9. The van der Waals surface area contributed by atoms with Crippen LogP contribution >= 0.6 is 7.82 Å². The number of phosphoric ester groups is 1. The molecule has 6 nitrogen and oxygen atoms in total. The second kappa shape index (κ2) is 3.83. The van der Waals surface area contributed by atoms with Crippen LogP contribution in [0, 0.1) is 0 Å². The summed E-state index contributed by atoms with van der Waals surface area (Å²) < 4.78 is 26.7. The largest absolute Gasteiger partial charge is 0.469 e. The molecule has 0 amide bonds. The number of aliphatic hydroxyl groups excluding tert-OH is 1.